The van der Waals surface area contributed by atoms with Gasteiger partial charge in [0.15, 0.2) is 5.76 Å². The lowest BCUT2D eigenvalue weighted by Gasteiger charge is -2.05. The zero-order valence-electron chi connectivity index (χ0n) is 8.17. The fraction of sp³-hybridized carbons (Fsp3) is 0.667. The summed E-state index contributed by atoms with van der Waals surface area (Å²) in [4.78, 5) is 10.9. The van der Waals surface area contributed by atoms with Gasteiger partial charge >= 0.3 is 5.97 Å². The number of methoxy groups -OCH3 is 2. The maximum Gasteiger partial charge on any atom is 0.372 e. The lowest BCUT2D eigenvalue weighted by Crippen LogP contribution is -2.09. The highest BCUT2D eigenvalue weighted by Crippen LogP contribution is 1.97. The van der Waals surface area contributed by atoms with Crippen LogP contribution < -0.4 is 0 Å². The molecule has 0 bridgehead atoms. The molecule has 0 aliphatic rings. The van der Waals surface area contributed by atoms with Crippen LogP contribution in [-0.4, -0.2) is 33.4 Å². The van der Waals surface area contributed by atoms with Crippen molar-refractivity contribution >= 4 is 5.97 Å². The van der Waals surface area contributed by atoms with Crippen LogP contribution in [0.3, 0.4) is 0 Å². The second-order valence-electron chi connectivity index (χ2n) is 2.46. The Bertz CT molecular complexity index is 165. The average Bonchev–Trinajstić information content (AvgIpc) is 2.16. The largest absolute Gasteiger partial charge is 0.490 e. The third kappa shape index (κ3) is 6.16. The highest BCUT2D eigenvalue weighted by atomic mass is 16.6. The van der Waals surface area contributed by atoms with Gasteiger partial charge < -0.3 is 14.2 Å². The molecule has 0 aromatic rings. The molecule has 0 N–H and O–H groups in total. The molecule has 0 unspecified atom stereocenters. The number of hydrogen-bond donors (Lipinski definition) is 0. The van der Waals surface area contributed by atoms with Crippen LogP contribution in [0, 0.1) is 0 Å². The van der Waals surface area contributed by atoms with Crippen LogP contribution in [0.25, 0.3) is 0 Å². The first-order chi connectivity index (χ1) is 6.22. The first-order valence-corrected chi connectivity index (χ1v) is 4.11. The van der Waals surface area contributed by atoms with Gasteiger partial charge in [0.1, 0.15) is 0 Å². The van der Waals surface area contributed by atoms with E-state index < -0.39 is 5.97 Å². The number of carbonyl (C=O) groups is 1. The maximum absolute atomic E-state index is 10.9. The SMILES string of the molecule is C=C(OC)C(=O)OCCCCOC. The van der Waals surface area contributed by atoms with E-state index in [0.29, 0.717) is 13.2 Å². The van der Waals surface area contributed by atoms with E-state index in [1.165, 1.54) is 7.11 Å². The van der Waals surface area contributed by atoms with Gasteiger partial charge in [0.05, 0.1) is 13.7 Å². The van der Waals surface area contributed by atoms with E-state index in [4.69, 9.17) is 9.47 Å². The van der Waals surface area contributed by atoms with E-state index in [1.807, 2.05) is 0 Å². The van der Waals surface area contributed by atoms with Crippen molar-refractivity contribution in [2.24, 2.45) is 0 Å². The van der Waals surface area contributed by atoms with E-state index in [0.717, 1.165) is 12.8 Å². The molecule has 0 aliphatic carbocycles. The van der Waals surface area contributed by atoms with Crippen LogP contribution >= 0.6 is 0 Å². The number of carbonyl (C=O) groups excluding carboxylic acids is 1. The first-order valence-electron chi connectivity index (χ1n) is 4.11. The lowest BCUT2D eigenvalue weighted by atomic mass is 10.3. The molecular weight excluding hydrogens is 172 g/mol. The number of ether oxygens (including phenoxy) is 3. The van der Waals surface area contributed by atoms with Crippen LogP contribution in [0.4, 0.5) is 0 Å². The molecular formula is C9H16O4. The highest BCUT2D eigenvalue weighted by molar-refractivity contribution is 5.85. The smallest absolute Gasteiger partial charge is 0.372 e. The molecule has 0 saturated heterocycles. The highest BCUT2D eigenvalue weighted by Gasteiger charge is 2.06. The summed E-state index contributed by atoms with van der Waals surface area (Å²) in [5.41, 5.74) is 0. The Morgan fingerprint density at radius 3 is 2.38 bits per heavy atom. The van der Waals surface area contributed by atoms with Crippen molar-refractivity contribution < 1.29 is 19.0 Å². The standard InChI is InChI=1S/C9H16O4/c1-8(12-3)9(10)13-7-5-4-6-11-2/h1,4-7H2,2-3H3. The Hall–Kier alpha value is -1.03. The molecule has 0 spiro atoms. The van der Waals surface area contributed by atoms with Gasteiger partial charge in [-0.1, -0.05) is 0 Å². The summed E-state index contributed by atoms with van der Waals surface area (Å²) in [6.07, 6.45) is 1.67. The minimum Gasteiger partial charge on any atom is -0.490 e. The Morgan fingerprint density at radius 1 is 1.23 bits per heavy atom. The molecule has 4 heteroatoms. The van der Waals surface area contributed by atoms with Crippen molar-refractivity contribution in [3.8, 4) is 0 Å². The van der Waals surface area contributed by atoms with Gasteiger partial charge in [0.25, 0.3) is 0 Å². The summed E-state index contributed by atoms with van der Waals surface area (Å²) in [6, 6.07) is 0. The normalized spacial score (nSPS) is 9.38. The number of rotatable bonds is 7. The Kier molecular flexibility index (Phi) is 7.01. The number of hydrogen-bond acceptors (Lipinski definition) is 4. The van der Waals surface area contributed by atoms with Crippen molar-refractivity contribution in [3.63, 3.8) is 0 Å². The fourth-order valence-corrected chi connectivity index (χ4v) is 0.677. The molecule has 76 valence electrons. The van der Waals surface area contributed by atoms with E-state index in [9.17, 15) is 4.79 Å². The van der Waals surface area contributed by atoms with Gasteiger partial charge in [0.2, 0.25) is 0 Å². The Labute approximate surface area is 78.5 Å². The third-order valence-corrected chi connectivity index (χ3v) is 1.45. The van der Waals surface area contributed by atoms with Crippen LogP contribution in [0.5, 0.6) is 0 Å². The van der Waals surface area contributed by atoms with Crippen molar-refractivity contribution in [1.82, 2.24) is 0 Å². The summed E-state index contributed by atoms with van der Waals surface area (Å²) in [7, 11) is 3.02. The number of unbranched alkanes of at least 4 members (excludes halogenated alkanes) is 1. The molecule has 0 atom stereocenters. The molecule has 0 radical (unpaired) electrons. The topological polar surface area (TPSA) is 44.8 Å². The van der Waals surface area contributed by atoms with Crippen LogP contribution in [0.15, 0.2) is 12.3 Å². The van der Waals surface area contributed by atoms with Crippen molar-refractivity contribution in [2.75, 3.05) is 27.4 Å². The summed E-state index contributed by atoms with van der Waals surface area (Å²) < 4.78 is 14.3. The van der Waals surface area contributed by atoms with Crippen molar-refractivity contribution in [2.45, 2.75) is 12.8 Å². The maximum atomic E-state index is 10.9. The molecule has 13 heavy (non-hydrogen) atoms. The lowest BCUT2D eigenvalue weighted by molar-refractivity contribution is -0.142. The molecule has 4 nitrogen and oxygen atoms in total. The van der Waals surface area contributed by atoms with Crippen molar-refractivity contribution in [3.05, 3.63) is 12.3 Å². The van der Waals surface area contributed by atoms with E-state index in [2.05, 4.69) is 11.3 Å². The fourth-order valence-electron chi connectivity index (χ4n) is 0.677. The molecule has 0 fully saturated rings. The molecule has 0 heterocycles. The monoisotopic (exact) mass is 188 g/mol. The minimum atomic E-state index is -0.500. The third-order valence-electron chi connectivity index (χ3n) is 1.45. The number of esters is 1. The molecule has 0 aliphatic heterocycles. The van der Waals surface area contributed by atoms with E-state index in [-0.39, 0.29) is 5.76 Å². The molecule has 0 aromatic heterocycles. The van der Waals surface area contributed by atoms with Gasteiger partial charge in [0, 0.05) is 13.7 Å². The molecule has 0 aromatic carbocycles. The van der Waals surface area contributed by atoms with Gasteiger partial charge in [-0.15, -0.1) is 0 Å². The van der Waals surface area contributed by atoms with Crippen LogP contribution in [0.1, 0.15) is 12.8 Å². The Morgan fingerprint density at radius 2 is 1.85 bits per heavy atom. The predicted molar refractivity (Wildman–Crippen MR) is 48.2 cm³/mol. The molecule has 0 rings (SSSR count). The van der Waals surface area contributed by atoms with Gasteiger partial charge in [-0.25, -0.2) is 4.79 Å². The van der Waals surface area contributed by atoms with Gasteiger partial charge in [-0.2, -0.15) is 0 Å². The zero-order chi connectivity index (χ0) is 10.1. The van der Waals surface area contributed by atoms with Crippen LogP contribution in [-0.2, 0) is 19.0 Å². The summed E-state index contributed by atoms with van der Waals surface area (Å²) >= 11 is 0. The Balaban J connectivity index is 3.32. The minimum absolute atomic E-state index is 0.0340. The quantitative estimate of drug-likeness (QED) is 0.260. The predicted octanol–water partition coefficient (Wildman–Crippen LogP) is 1.12. The summed E-state index contributed by atoms with van der Waals surface area (Å²) in [5.74, 6) is -0.466. The molecule has 0 saturated carbocycles. The first kappa shape index (κ1) is 12.0. The van der Waals surface area contributed by atoms with Gasteiger partial charge in [-0.3, -0.25) is 0 Å². The zero-order valence-corrected chi connectivity index (χ0v) is 8.17. The second-order valence-corrected chi connectivity index (χ2v) is 2.46. The van der Waals surface area contributed by atoms with E-state index >= 15 is 0 Å². The van der Waals surface area contributed by atoms with Crippen molar-refractivity contribution in [1.29, 1.82) is 0 Å². The second kappa shape index (κ2) is 7.61. The van der Waals surface area contributed by atoms with E-state index in [1.54, 1.807) is 7.11 Å². The molecule has 0 amide bonds. The van der Waals surface area contributed by atoms with Crippen LogP contribution in [0.2, 0.25) is 0 Å². The summed E-state index contributed by atoms with van der Waals surface area (Å²) in [5, 5.41) is 0. The summed E-state index contributed by atoms with van der Waals surface area (Å²) in [6.45, 7) is 4.43. The van der Waals surface area contributed by atoms with Gasteiger partial charge in [-0.05, 0) is 19.4 Å². The average molecular weight is 188 g/mol.